The van der Waals surface area contributed by atoms with Crippen LogP contribution < -0.4 is 5.73 Å². The fraction of sp³-hybridized carbons (Fsp3) is 0.917. The standard InChI is InChI=1S/C12H24N6O/c1-3-4-5-18-12(14-15-16-18)9-17-6-7-19-11(8-17)10(2)13/h10-11H,3-9,13H2,1-2H3. The highest BCUT2D eigenvalue weighted by Gasteiger charge is 2.24. The zero-order chi connectivity index (χ0) is 13.7. The van der Waals surface area contributed by atoms with E-state index in [-0.39, 0.29) is 12.1 Å². The summed E-state index contributed by atoms with van der Waals surface area (Å²) in [4.78, 5) is 2.31. The molecule has 1 fully saturated rings. The average molecular weight is 268 g/mol. The highest BCUT2D eigenvalue weighted by atomic mass is 16.5. The lowest BCUT2D eigenvalue weighted by atomic mass is 10.1. The van der Waals surface area contributed by atoms with Gasteiger partial charge in [-0.2, -0.15) is 0 Å². The minimum Gasteiger partial charge on any atom is -0.374 e. The first-order valence-corrected chi connectivity index (χ1v) is 7.05. The van der Waals surface area contributed by atoms with Crippen LogP contribution in [0, 0.1) is 0 Å². The number of rotatable bonds is 6. The van der Waals surface area contributed by atoms with Gasteiger partial charge in [-0.25, -0.2) is 4.68 Å². The third-order valence-electron chi connectivity index (χ3n) is 3.46. The molecule has 0 radical (unpaired) electrons. The van der Waals surface area contributed by atoms with E-state index in [1.54, 1.807) is 0 Å². The summed E-state index contributed by atoms with van der Waals surface area (Å²) >= 11 is 0. The number of hydrogen-bond donors (Lipinski definition) is 1. The molecule has 1 saturated heterocycles. The second-order valence-corrected chi connectivity index (χ2v) is 5.18. The number of unbranched alkanes of at least 4 members (excludes halogenated alkanes) is 1. The van der Waals surface area contributed by atoms with Gasteiger partial charge in [0.05, 0.1) is 19.3 Å². The van der Waals surface area contributed by atoms with Gasteiger partial charge in [-0.3, -0.25) is 4.90 Å². The summed E-state index contributed by atoms with van der Waals surface area (Å²) in [7, 11) is 0. The normalized spacial score (nSPS) is 22.6. The third kappa shape index (κ3) is 3.95. The van der Waals surface area contributed by atoms with Crippen molar-refractivity contribution in [2.24, 2.45) is 5.73 Å². The molecular formula is C12H24N6O. The highest BCUT2D eigenvalue weighted by Crippen LogP contribution is 2.10. The summed E-state index contributed by atoms with van der Waals surface area (Å²) in [6.07, 6.45) is 2.35. The van der Waals surface area contributed by atoms with Gasteiger partial charge in [0.1, 0.15) is 0 Å². The van der Waals surface area contributed by atoms with Crippen LogP contribution in [0.15, 0.2) is 0 Å². The third-order valence-corrected chi connectivity index (χ3v) is 3.46. The van der Waals surface area contributed by atoms with Crippen LogP contribution in [0.25, 0.3) is 0 Å². The van der Waals surface area contributed by atoms with E-state index in [1.807, 2.05) is 11.6 Å². The molecule has 2 heterocycles. The fourth-order valence-electron chi connectivity index (χ4n) is 2.21. The quantitative estimate of drug-likeness (QED) is 0.783. The molecule has 1 aliphatic heterocycles. The van der Waals surface area contributed by atoms with Crippen LogP contribution in [-0.2, 0) is 17.8 Å². The van der Waals surface area contributed by atoms with E-state index < -0.39 is 0 Å². The number of nitrogens with zero attached hydrogens (tertiary/aromatic N) is 5. The first-order chi connectivity index (χ1) is 9.20. The molecule has 0 amide bonds. The lowest BCUT2D eigenvalue weighted by Crippen LogP contribution is -2.49. The lowest BCUT2D eigenvalue weighted by molar-refractivity contribution is -0.0414. The monoisotopic (exact) mass is 268 g/mol. The molecule has 2 unspecified atom stereocenters. The zero-order valence-corrected chi connectivity index (χ0v) is 11.8. The van der Waals surface area contributed by atoms with Crippen molar-refractivity contribution in [1.82, 2.24) is 25.1 Å². The van der Waals surface area contributed by atoms with Gasteiger partial charge >= 0.3 is 0 Å². The van der Waals surface area contributed by atoms with Crippen LogP contribution in [0.5, 0.6) is 0 Å². The van der Waals surface area contributed by atoms with E-state index in [2.05, 4.69) is 27.3 Å². The summed E-state index contributed by atoms with van der Waals surface area (Å²) < 4.78 is 7.56. The second-order valence-electron chi connectivity index (χ2n) is 5.18. The van der Waals surface area contributed by atoms with Crippen LogP contribution in [0.4, 0.5) is 0 Å². The summed E-state index contributed by atoms with van der Waals surface area (Å²) in [5, 5.41) is 11.9. The predicted molar refractivity (Wildman–Crippen MR) is 71.4 cm³/mol. The van der Waals surface area contributed by atoms with Crippen molar-refractivity contribution < 1.29 is 4.74 Å². The molecular weight excluding hydrogens is 244 g/mol. The minimum absolute atomic E-state index is 0.0545. The molecule has 19 heavy (non-hydrogen) atoms. The number of nitrogens with two attached hydrogens (primary N) is 1. The first kappa shape index (κ1) is 14.4. The molecule has 1 aromatic rings. The summed E-state index contributed by atoms with van der Waals surface area (Å²) in [5.41, 5.74) is 5.90. The molecule has 0 aromatic carbocycles. The Bertz CT molecular complexity index is 380. The van der Waals surface area contributed by atoms with Gasteiger partial charge in [-0.1, -0.05) is 13.3 Å². The van der Waals surface area contributed by atoms with Gasteiger partial charge in [0.15, 0.2) is 5.82 Å². The molecule has 2 rings (SSSR count). The largest absolute Gasteiger partial charge is 0.374 e. The Labute approximate surface area is 114 Å². The molecule has 0 spiro atoms. The van der Waals surface area contributed by atoms with Crippen LogP contribution >= 0.6 is 0 Å². The van der Waals surface area contributed by atoms with Crippen molar-refractivity contribution in [3.05, 3.63) is 5.82 Å². The Morgan fingerprint density at radius 1 is 1.53 bits per heavy atom. The fourth-order valence-corrected chi connectivity index (χ4v) is 2.21. The number of hydrogen-bond acceptors (Lipinski definition) is 6. The number of tetrazole rings is 1. The van der Waals surface area contributed by atoms with Gasteiger partial charge in [-0.05, 0) is 23.8 Å². The second kappa shape index (κ2) is 6.93. The van der Waals surface area contributed by atoms with Crippen LogP contribution in [0.1, 0.15) is 32.5 Å². The summed E-state index contributed by atoms with van der Waals surface area (Å²) in [6, 6.07) is 0.0545. The van der Waals surface area contributed by atoms with Gasteiger partial charge < -0.3 is 10.5 Å². The maximum absolute atomic E-state index is 5.90. The van der Waals surface area contributed by atoms with Crippen molar-refractivity contribution in [3.63, 3.8) is 0 Å². The highest BCUT2D eigenvalue weighted by molar-refractivity contribution is 4.85. The molecule has 7 heteroatoms. The zero-order valence-electron chi connectivity index (χ0n) is 11.8. The smallest absolute Gasteiger partial charge is 0.165 e. The van der Waals surface area contributed by atoms with Crippen LogP contribution in [0.3, 0.4) is 0 Å². The SMILES string of the molecule is CCCCn1nnnc1CN1CCOC(C(C)N)C1. The molecule has 108 valence electrons. The van der Waals surface area contributed by atoms with E-state index in [0.29, 0.717) is 0 Å². The van der Waals surface area contributed by atoms with E-state index in [1.165, 1.54) is 0 Å². The van der Waals surface area contributed by atoms with Crippen molar-refractivity contribution in [2.45, 2.75) is 51.9 Å². The van der Waals surface area contributed by atoms with E-state index in [4.69, 9.17) is 10.5 Å². The molecule has 2 atom stereocenters. The van der Waals surface area contributed by atoms with Gasteiger partial charge in [0.2, 0.25) is 0 Å². The lowest BCUT2D eigenvalue weighted by Gasteiger charge is -2.34. The Kier molecular flexibility index (Phi) is 5.24. The van der Waals surface area contributed by atoms with Crippen LogP contribution in [-0.4, -0.2) is 56.9 Å². The van der Waals surface area contributed by atoms with Gasteiger partial charge in [0.25, 0.3) is 0 Å². The number of aryl methyl sites for hydroxylation is 1. The van der Waals surface area contributed by atoms with Crippen molar-refractivity contribution in [2.75, 3.05) is 19.7 Å². The van der Waals surface area contributed by atoms with E-state index in [0.717, 1.165) is 51.5 Å². The molecule has 0 bridgehead atoms. The van der Waals surface area contributed by atoms with E-state index >= 15 is 0 Å². The van der Waals surface area contributed by atoms with E-state index in [9.17, 15) is 0 Å². The van der Waals surface area contributed by atoms with Gasteiger partial charge in [-0.15, -0.1) is 5.10 Å². The molecule has 7 nitrogen and oxygen atoms in total. The molecule has 1 aromatic heterocycles. The number of morpholine rings is 1. The predicted octanol–water partition coefficient (Wildman–Crippen LogP) is 0.0212. The Hall–Kier alpha value is -1.05. The number of ether oxygens (including phenoxy) is 1. The molecule has 0 aliphatic carbocycles. The molecule has 0 saturated carbocycles. The first-order valence-electron chi connectivity index (χ1n) is 7.05. The van der Waals surface area contributed by atoms with Crippen molar-refractivity contribution in [3.8, 4) is 0 Å². The molecule has 1 aliphatic rings. The number of aromatic nitrogens is 4. The summed E-state index contributed by atoms with van der Waals surface area (Å²) in [6.45, 7) is 8.28. The summed E-state index contributed by atoms with van der Waals surface area (Å²) in [5.74, 6) is 0.929. The van der Waals surface area contributed by atoms with Crippen molar-refractivity contribution >= 4 is 0 Å². The maximum Gasteiger partial charge on any atom is 0.165 e. The maximum atomic E-state index is 5.90. The van der Waals surface area contributed by atoms with Gasteiger partial charge in [0, 0.05) is 25.7 Å². The Morgan fingerprint density at radius 3 is 3.11 bits per heavy atom. The van der Waals surface area contributed by atoms with Crippen LogP contribution in [0.2, 0.25) is 0 Å². The average Bonchev–Trinajstić information content (AvgIpc) is 2.84. The van der Waals surface area contributed by atoms with Crippen molar-refractivity contribution in [1.29, 1.82) is 0 Å². The Morgan fingerprint density at radius 2 is 2.37 bits per heavy atom. The molecule has 2 N–H and O–H groups in total. The Balaban J connectivity index is 1.91. The topological polar surface area (TPSA) is 82.1 Å². The minimum atomic E-state index is 0.0545.